The summed E-state index contributed by atoms with van der Waals surface area (Å²) in [6, 6.07) is 5.21. The van der Waals surface area contributed by atoms with Gasteiger partial charge in [-0.15, -0.1) is 0 Å². The van der Waals surface area contributed by atoms with Crippen molar-refractivity contribution >= 4 is 23.9 Å². The van der Waals surface area contributed by atoms with Crippen LogP contribution < -0.4 is 20.1 Å². The predicted molar refractivity (Wildman–Crippen MR) is 95.8 cm³/mol. The number of carbonyl (C=O) groups is 3. The normalized spacial score (nSPS) is 10.5. The third-order valence-electron chi connectivity index (χ3n) is 3.07. The van der Waals surface area contributed by atoms with E-state index in [9.17, 15) is 14.4 Å². The van der Waals surface area contributed by atoms with Gasteiger partial charge in [0.2, 0.25) is 5.91 Å². The molecule has 0 saturated heterocycles. The highest BCUT2D eigenvalue weighted by molar-refractivity contribution is 5.90. The summed E-state index contributed by atoms with van der Waals surface area (Å²) in [4.78, 5) is 34.7. The van der Waals surface area contributed by atoms with Crippen molar-refractivity contribution in [2.45, 2.75) is 19.9 Å². The van der Waals surface area contributed by atoms with Crippen molar-refractivity contribution in [3.63, 3.8) is 0 Å². The molecule has 2 N–H and O–H groups in total. The Bertz CT molecular complexity index is 670. The molecule has 0 aliphatic heterocycles. The number of para-hydroxylation sites is 1. The van der Waals surface area contributed by atoms with Gasteiger partial charge in [0, 0.05) is 17.7 Å². The summed E-state index contributed by atoms with van der Waals surface area (Å²) < 4.78 is 15.2. The second-order valence-electron chi connectivity index (χ2n) is 5.52. The highest BCUT2D eigenvalue weighted by atomic mass is 16.5. The van der Waals surface area contributed by atoms with Gasteiger partial charge in [0.1, 0.15) is 0 Å². The van der Waals surface area contributed by atoms with E-state index >= 15 is 0 Å². The molecule has 142 valence electrons. The first-order chi connectivity index (χ1) is 12.4. The van der Waals surface area contributed by atoms with Crippen LogP contribution in [0, 0.1) is 0 Å². The summed E-state index contributed by atoms with van der Waals surface area (Å²) >= 11 is 0. The van der Waals surface area contributed by atoms with E-state index in [0.29, 0.717) is 17.1 Å². The van der Waals surface area contributed by atoms with Crippen LogP contribution in [-0.2, 0) is 19.1 Å². The first-order valence-electron chi connectivity index (χ1n) is 7.99. The summed E-state index contributed by atoms with van der Waals surface area (Å²) in [5, 5.41) is 4.99. The Morgan fingerprint density at radius 2 is 1.85 bits per heavy atom. The number of methoxy groups -OCH3 is 2. The highest BCUT2D eigenvalue weighted by Crippen LogP contribution is 2.31. The maximum absolute atomic E-state index is 11.7. The molecule has 0 radical (unpaired) electrons. The van der Waals surface area contributed by atoms with Crippen molar-refractivity contribution < 1.29 is 28.6 Å². The second kappa shape index (κ2) is 10.8. The van der Waals surface area contributed by atoms with Crippen LogP contribution >= 0.6 is 0 Å². The van der Waals surface area contributed by atoms with E-state index < -0.39 is 18.5 Å². The Hall–Kier alpha value is -3.03. The summed E-state index contributed by atoms with van der Waals surface area (Å²) in [5.41, 5.74) is 0.624. The first-order valence-corrected chi connectivity index (χ1v) is 7.99. The summed E-state index contributed by atoms with van der Waals surface area (Å²) in [5.74, 6) is -0.569. The lowest BCUT2D eigenvalue weighted by atomic mass is 10.1. The highest BCUT2D eigenvalue weighted by Gasteiger charge is 2.10. The van der Waals surface area contributed by atoms with Crippen LogP contribution in [0.1, 0.15) is 19.4 Å². The number of ether oxygens (including phenoxy) is 3. The van der Waals surface area contributed by atoms with Gasteiger partial charge in [-0.3, -0.25) is 9.59 Å². The van der Waals surface area contributed by atoms with Gasteiger partial charge in [0.05, 0.1) is 20.8 Å². The minimum Gasteiger partial charge on any atom is -0.493 e. The lowest BCUT2D eigenvalue weighted by Gasteiger charge is -2.10. The predicted octanol–water partition coefficient (Wildman–Crippen LogP) is 0.901. The Morgan fingerprint density at radius 1 is 1.12 bits per heavy atom. The molecule has 0 unspecified atom stereocenters. The minimum absolute atomic E-state index is 0.0176. The molecule has 26 heavy (non-hydrogen) atoms. The number of hydrogen-bond donors (Lipinski definition) is 2. The average Bonchev–Trinajstić information content (AvgIpc) is 2.61. The second-order valence-corrected chi connectivity index (χ2v) is 5.52. The van der Waals surface area contributed by atoms with E-state index in [1.54, 1.807) is 18.2 Å². The largest absolute Gasteiger partial charge is 0.493 e. The Balaban J connectivity index is 2.48. The lowest BCUT2D eigenvalue weighted by Crippen LogP contribution is -2.41. The molecule has 0 bridgehead atoms. The maximum atomic E-state index is 11.7. The molecule has 8 heteroatoms. The Labute approximate surface area is 152 Å². The SMILES string of the molecule is COc1cccc(/C=C/C(=O)OCC(=O)NCC(=O)NC(C)C)c1OC. The Morgan fingerprint density at radius 3 is 2.46 bits per heavy atom. The number of esters is 1. The molecule has 1 aromatic carbocycles. The molecule has 0 spiro atoms. The zero-order valence-electron chi connectivity index (χ0n) is 15.3. The fraction of sp³-hybridized carbons (Fsp3) is 0.389. The minimum atomic E-state index is -0.698. The van der Waals surface area contributed by atoms with Gasteiger partial charge in [0.25, 0.3) is 5.91 Å². The van der Waals surface area contributed by atoms with Gasteiger partial charge < -0.3 is 24.8 Å². The third-order valence-corrected chi connectivity index (χ3v) is 3.07. The first kappa shape index (κ1) is 21.0. The molecule has 0 saturated carbocycles. The molecule has 1 rings (SSSR count). The van der Waals surface area contributed by atoms with E-state index in [4.69, 9.17) is 14.2 Å². The monoisotopic (exact) mass is 364 g/mol. The van der Waals surface area contributed by atoms with Crippen LogP contribution in [0.2, 0.25) is 0 Å². The van der Waals surface area contributed by atoms with Gasteiger partial charge in [-0.2, -0.15) is 0 Å². The van der Waals surface area contributed by atoms with Crippen LogP contribution in [0.3, 0.4) is 0 Å². The summed E-state index contributed by atoms with van der Waals surface area (Å²) in [6.45, 7) is 2.97. The molecule has 0 aliphatic carbocycles. The number of hydrogen-bond acceptors (Lipinski definition) is 6. The van der Waals surface area contributed by atoms with Crippen molar-refractivity contribution in [1.82, 2.24) is 10.6 Å². The van der Waals surface area contributed by atoms with Gasteiger partial charge in [0.15, 0.2) is 18.1 Å². The van der Waals surface area contributed by atoms with Crippen LogP contribution in [-0.4, -0.2) is 51.2 Å². The van der Waals surface area contributed by atoms with Crippen molar-refractivity contribution in [2.75, 3.05) is 27.4 Å². The lowest BCUT2D eigenvalue weighted by molar-refractivity contribution is -0.143. The average molecular weight is 364 g/mol. The standard InChI is InChI=1S/C18H24N2O6/c1-12(2)20-15(21)10-19-16(22)11-26-17(23)9-8-13-6-5-7-14(24-3)18(13)25-4/h5-9,12H,10-11H2,1-4H3,(H,19,22)(H,20,21)/b9-8+. The molecule has 0 atom stereocenters. The van der Waals surface area contributed by atoms with E-state index in [2.05, 4.69) is 10.6 Å². The van der Waals surface area contributed by atoms with Crippen LogP contribution in [0.15, 0.2) is 24.3 Å². The van der Waals surface area contributed by atoms with Crippen LogP contribution in [0.4, 0.5) is 0 Å². The zero-order chi connectivity index (χ0) is 19.5. The number of rotatable bonds is 9. The molecular weight excluding hydrogens is 340 g/mol. The van der Waals surface area contributed by atoms with Crippen molar-refractivity contribution in [3.05, 3.63) is 29.8 Å². The van der Waals surface area contributed by atoms with E-state index in [0.717, 1.165) is 0 Å². The van der Waals surface area contributed by atoms with Crippen LogP contribution in [0.25, 0.3) is 6.08 Å². The van der Waals surface area contributed by atoms with Crippen molar-refractivity contribution in [1.29, 1.82) is 0 Å². The molecule has 0 aliphatic rings. The molecule has 0 aromatic heterocycles. The van der Waals surface area contributed by atoms with Gasteiger partial charge in [-0.25, -0.2) is 4.79 Å². The van der Waals surface area contributed by atoms with E-state index in [-0.39, 0.29) is 18.5 Å². The third kappa shape index (κ3) is 7.25. The fourth-order valence-corrected chi connectivity index (χ4v) is 1.99. The van der Waals surface area contributed by atoms with Gasteiger partial charge in [-0.1, -0.05) is 12.1 Å². The molecule has 8 nitrogen and oxygen atoms in total. The smallest absolute Gasteiger partial charge is 0.331 e. The van der Waals surface area contributed by atoms with E-state index in [1.165, 1.54) is 26.4 Å². The number of benzene rings is 1. The quantitative estimate of drug-likeness (QED) is 0.499. The Kier molecular flexibility index (Phi) is 8.69. The van der Waals surface area contributed by atoms with Gasteiger partial charge >= 0.3 is 5.97 Å². The maximum Gasteiger partial charge on any atom is 0.331 e. The van der Waals surface area contributed by atoms with Crippen LogP contribution in [0.5, 0.6) is 11.5 Å². The topological polar surface area (TPSA) is 103 Å². The van der Waals surface area contributed by atoms with E-state index in [1.807, 2.05) is 13.8 Å². The van der Waals surface area contributed by atoms with Crippen molar-refractivity contribution in [3.8, 4) is 11.5 Å². The molecule has 2 amide bonds. The van der Waals surface area contributed by atoms with Gasteiger partial charge in [-0.05, 0) is 26.0 Å². The summed E-state index contributed by atoms with van der Waals surface area (Å²) in [7, 11) is 3.01. The zero-order valence-corrected chi connectivity index (χ0v) is 15.3. The summed E-state index contributed by atoms with van der Waals surface area (Å²) in [6.07, 6.45) is 2.67. The number of carbonyl (C=O) groups excluding carboxylic acids is 3. The number of nitrogens with one attached hydrogen (secondary N) is 2. The fourth-order valence-electron chi connectivity index (χ4n) is 1.99. The molecular formula is C18H24N2O6. The van der Waals surface area contributed by atoms with Crippen molar-refractivity contribution in [2.24, 2.45) is 0 Å². The molecule has 0 heterocycles. The number of amides is 2. The molecule has 0 fully saturated rings. The molecule has 1 aromatic rings.